The van der Waals surface area contributed by atoms with E-state index in [4.69, 9.17) is 0 Å². The first-order chi connectivity index (χ1) is 8.72. The number of nitrogens with one attached hydrogen (secondary N) is 2. The lowest BCUT2D eigenvalue weighted by atomic mass is 9.95. The van der Waals surface area contributed by atoms with E-state index < -0.39 is 0 Å². The number of hydrogen-bond acceptors (Lipinski definition) is 5. The number of thioether (sulfide) groups is 1. The number of anilines is 2. The molecule has 0 saturated heterocycles. The Bertz CT molecular complexity index is 402. The molecule has 0 amide bonds. The van der Waals surface area contributed by atoms with Crippen molar-refractivity contribution in [3.8, 4) is 0 Å². The van der Waals surface area contributed by atoms with Crippen molar-refractivity contribution in [2.45, 2.75) is 37.0 Å². The zero-order valence-corrected chi connectivity index (χ0v) is 11.6. The molecule has 0 aromatic carbocycles. The second-order valence-electron chi connectivity index (χ2n) is 4.51. The summed E-state index contributed by atoms with van der Waals surface area (Å²) in [5.74, 6) is 0.359. The number of hydrogen-bond donors (Lipinski definition) is 2. The summed E-state index contributed by atoms with van der Waals surface area (Å²) in [5, 5.41) is 6.70. The van der Waals surface area contributed by atoms with Crippen LogP contribution in [0, 0.1) is 5.82 Å². The molecule has 6 heteroatoms. The van der Waals surface area contributed by atoms with E-state index in [1.165, 1.54) is 19.0 Å². The topological polar surface area (TPSA) is 49.8 Å². The van der Waals surface area contributed by atoms with E-state index in [-0.39, 0.29) is 5.82 Å². The largest absolute Gasteiger partial charge is 0.365 e. The smallest absolute Gasteiger partial charge is 0.224 e. The molecule has 0 radical (unpaired) electrons. The first-order valence-electron chi connectivity index (χ1n) is 6.22. The maximum absolute atomic E-state index is 13.6. The van der Waals surface area contributed by atoms with Crippen LogP contribution in [0.1, 0.15) is 25.7 Å². The first kappa shape index (κ1) is 13.4. The molecular formula is C12H19FN4S. The third-order valence-corrected chi connectivity index (χ3v) is 4.36. The second kappa shape index (κ2) is 6.22. The minimum Gasteiger partial charge on any atom is -0.365 e. The van der Waals surface area contributed by atoms with Crippen LogP contribution in [0.15, 0.2) is 6.20 Å². The van der Waals surface area contributed by atoms with Crippen molar-refractivity contribution >= 4 is 23.5 Å². The number of nitrogens with zero attached hydrogens (tertiary/aromatic N) is 2. The summed E-state index contributed by atoms with van der Waals surface area (Å²) in [6.07, 6.45) is 7.94. The molecule has 2 rings (SSSR count). The van der Waals surface area contributed by atoms with Crippen molar-refractivity contribution in [3.63, 3.8) is 0 Å². The third-order valence-electron chi connectivity index (χ3n) is 3.27. The standard InChI is InChI=1S/C12H19FN4S/c1-14-12-15-7-10(13)11(17-12)16-8-4-3-5-9(6-8)18-2/h7-9H,3-6H2,1-2H3,(H2,14,15,16,17). The van der Waals surface area contributed by atoms with Crippen molar-refractivity contribution in [3.05, 3.63) is 12.0 Å². The van der Waals surface area contributed by atoms with Gasteiger partial charge in [0, 0.05) is 18.3 Å². The molecule has 0 aliphatic heterocycles. The highest BCUT2D eigenvalue weighted by molar-refractivity contribution is 7.99. The molecule has 2 atom stereocenters. The number of halogens is 1. The Morgan fingerprint density at radius 1 is 1.44 bits per heavy atom. The van der Waals surface area contributed by atoms with Gasteiger partial charge < -0.3 is 10.6 Å². The Hall–Kier alpha value is -1.04. The van der Waals surface area contributed by atoms with E-state index in [2.05, 4.69) is 26.9 Å². The summed E-state index contributed by atoms with van der Waals surface area (Å²) in [6.45, 7) is 0. The normalized spacial score (nSPS) is 23.7. The second-order valence-corrected chi connectivity index (χ2v) is 5.64. The highest BCUT2D eigenvalue weighted by Crippen LogP contribution is 2.29. The van der Waals surface area contributed by atoms with Gasteiger partial charge in [-0.1, -0.05) is 6.42 Å². The Morgan fingerprint density at radius 3 is 3.00 bits per heavy atom. The quantitative estimate of drug-likeness (QED) is 0.881. The van der Waals surface area contributed by atoms with Gasteiger partial charge in [0.2, 0.25) is 5.95 Å². The highest BCUT2D eigenvalue weighted by atomic mass is 32.2. The maximum atomic E-state index is 13.6. The number of aromatic nitrogens is 2. The van der Waals surface area contributed by atoms with Gasteiger partial charge in [-0.05, 0) is 25.5 Å². The van der Waals surface area contributed by atoms with Crippen molar-refractivity contribution in [1.82, 2.24) is 9.97 Å². The summed E-state index contributed by atoms with van der Waals surface area (Å²) in [5.41, 5.74) is 0. The van der Waals surface area contributed by atoms with Crippen LogP contribution >= 0.6 is 11.8 Å². The van der Waals surface area contributed by atoms with Crippen molar-refractivity contribution in [1.29, 1.82) is 0 Å². The van der Waals surface area contributed by atoms with Crippen LogP contribution in [0.3, 0.4) is 0 Å². The Balaban J connectivity index is 2.04. The Labute approximate surface area is 111 Å². The van der Waals surface area contributed by atoms with Crippen LogP contribution in [0.25, 0.3) is 0 Å². The highest BCUT2D eigenvalue weighted by Gasteiger charge is 2.22. The van der Waals surface area contributed by atoms with Gasteiger partial charge in [-0.25, -0.2) is 9.37 Å². The molecule has 1 aromatic heterocycles. The summed E-state index contributed by atoms with van der Waals surface area (Å²) in [7, 11) is 1.72. The maximum Gasteiger partial charge on any atom is 0.224 e. The number of rotatable bonds is 4. The lowest BCUT2D eigenvalue weighted by molar-refractivity contribution is 0.470. The van der Waals surface area contributed by atoms with Gasteiger partial charge in [-0.3, -0.25) is 0 Å². The zero-order valence-electron chi connectivity index (χ0n) is 10.7. The van der Waals surface area contributed by atoms with E-state index in [1.807, 2.05) is 11.8 Å². The van der Waals surface area contributed by atoms with E-state index >= 15 is 0 Å². The van der Waals surface area contributed by atoms with Crippen molar-refractivity contribution < 1.29 is 4.39 Å². The molecule has 0 bridgehead atoms. The Kier molecular flexibility index (Phi) is 4.63. The lowest BCUT2D eigenvalue weighted by Crippen LogP contribution is -2.29. The van der Waals surface area contributed by atoms with Gasteiger partial charge >= 0.3 is 0 Å². The van der Waals surface area contributed by atoms with Gasteiger partial charge in [0.1, 0.15) is 0 Å². The summed E-state index contributed by atoms with van der Waals surface area (Å²) >= 11 is 1.89. The van der Waals surface area contributed by atoms with Crippen LogP contribution < -0.4 is 10.6 Å². The first-order valence-corrected chi connectivity index (χ1v) is 7.51. The van der Waals surface area contributed by atoms with Gasteiger partial charge in [0.05, 0.1) is 6.20 Å². The molecule has 1 saturated carbocycles. The van der Waals surface area contributed by atoms with Crippen LogP contribution in [0.4, 0.5) is 16.2 Å². The average Bonchev–Trinajstić information content (AvgIpc) is 2.41. The summed E-state index contributed by atoms with van der Waals surface area (Å²) in [6, 6.07) is 0.310. The van der Waals surface area contributed by atoms with Gasteiger partial charge in [-0.15, -0.1) is 0 Å². The predicted molar refractivity (Wildman–Crippen MR) is 74.7 cm³/mol. The van der Waals surface area contributed by atoms with Crippen LogP contribution in [-0.4, -0.2) is 34.6 Å². The SMILES string of the molecule is CNc1ncc(F)c(NC2CCCC(SC)C2)n1. The molecule has 4 nitrogen and oxygen atoms in total. The summed E-state index contributed by atoms with van der Waals surface area (Å²) < 4.78 is 13.6. The Morgan fingerprint density at radius 2 is 2.28 bits per heavy atom. The molecule has 1 aliphatic carbocycles. The van der Waals surface area contributed by atoms with E-state index in [9.17, 15) is 4.39 Å². The molecule has 1 fully saturated rings. The fourth-order valence-electron chi connectivity index (χ4n) is 2.27. The predicted octanol–water partition coefficient (Wildman–Crippen LogP) is 2.74. The molecular weight excluding hydrogens is 251 g/mol. The van der Waals surface area contributed by atoms with Crippen molar-refractivity contribution in [2.24, 2.45) is 0 Å². The molecule has 2 unspecified atom stereocenters. The van der Waals surface area contributed by atoms with Crippen LogP contribution in [0.2, 0.25) is 0 Å². The van der Waals surface area contributed by atoms with Gasteiger partial charge in [-0.2, -0.15) is 16.7 Å². The average molecular weight is 270 g/mol. The molecule has 18 heavy (non-hydrogen) atoms. The fraction of sp³-hybridized carbons (Fsp3) is 0.667. The van der Waals surface area contributed by atoms with E-state index in [0.29, 0.717) is 23.1 Å². The summed E-state index contributed by atoms with van der Waals surface area (Å²) in [4.78, 5) is 7.96. The minimum atomic E-state index is -0.389. The molecule has 0 spiro atoms. The van der Waals surface area contributed by atoms with E-state index in [0.717, 1.165) is 12.8 Å². The molecule has 1 aromatic rings. The van der Waals surface area contributed by atoms with Crippen LogP contribution in [0.5, 0.6) is 0 Å². The molecule has 2 N–H and O–H groups in total. The molecule has 100 valence electrons. The van der Waals surface area contributed by atoms with Crippen molar-refractivity contribution in [2.75, 3.05) is 23.9 Å². The third kappa shape index (κ3) is 3.25. The lowest BCUT2D eigenvalue weighted by Gasteiger charge is -2.29. The fourth-order valence-corrected chi connectivity index (χ4v) is 3.10. The molecule has 1 heterocycles. The molecule has 1 aliphatic rings. The van der Waals surface area contributed by atoms with Gasteiger partial charge in [0.15, 0.2) is 11.6 Å². The van der Waals surface area contributed by atoms with Gasteiger partial charge in [0.25, 0.3) is 0 Å². The van der Waals surface area contributed by atoms with Crippen LogP contribution in [-0.2, 0) is 0 Å². The monoisotopic (exact) mass is 270 g/mol. The minimum absolute atomic E-state index is 0.307. The zero-order chi connectivity index (χ0) is 13.0. The van der Waals surface area contributed by atoms with E-state index in [1.54, 1.807) is 7.05 Å².